The highest BCUT2D eigenvalue weighted by Gasteiger charge is 2.14. The third-order valence-corrected chi connectivity index (χ3v) is 6.39. The van der Waals surface area contributed by atoms with Gasteiger partial charge in [-0.2, -0.15) is 0 Å². The second kappa shape index (κ2) is 7.99. The number of aromatic nitrogens is 1. The molecule has 0 fully saturated rings. The third kappa shape index (κ3) is 3.37. The molecule has 0 bridgehead atoms. The molecule has 0 aliphatic rings. The van der Waals surface area contributed by atoms with E-state index in [0.717, 1.165) is 11.4 Å². The van der Waals surface area contributed by atoms with Crippen molar-refractivity contribution >= 4 is 27.5 Å². The Labute approximate surface area is 193 Å². The predicted octanol–water partition coefficient (Wildman–Crippen LogP) is 8.16. The zero-order valence-corrected chi connectivity index (χ0v) is 18.5. The molecule has 0 aliphatic carbocycles. The van der Waals surface area contributed by atoms with Crippen LogP contribution in [0.15, 0.2) is 121 Å². The Morgan fingerprint density at radius 3 is 1.76 bits per heavy atom. The van der Waals surface area contributed by atoms with Crippen LogP contribution in [-0.2, 0) is 0 Å². The van der Waals surface area contributed by atoms with Crippen LogP contribution in [0.4, 0.5) is 5.69 Å². The van der Waals surface area contributed by atoms with Gasteiger partial charge < -0.3 is 9.88 Å². The SMILES string of the molecule is CNc1ccc2c3cc(-c4ccccc4)ccc3n(-c3ccc(-c4ccccc4)cc3)c2c1. The minimum atomic E-state index is 1.11. The van der Waals surface area contributed by atoms with Gasteiger partial charge in [-0.3, -0.25) is 0 Å². The van der Waals surface area contributed by atoms with Crippen LogP contribution in [0.3, 0.4) is 0 Å². The maximum absolute atomic E-state index is 3.30. The van der Waals surface area contributed by atoms with Gasteiger partial charge in [0.15, 0.2) is 0 Å². The fraction of sp³-hybridized carbons (Fsp3) is 0.0323. The smallest absolute Gasteiger partial charge is 0.0561 e. The number of nitrogens with one attached hydrogen (secondary N) is 1. The van der Waals surface area contributed by atoms with Crippen molar-refractivity contribution in [3.63, 3.8) is 0 Å². The summed E-state index contributed by atoms with van der Waals surface area (Å²) in [5, 5.41) is 5.82. The van der Waals surface area contributed by atoms with E-state index in [-0.39, 0.29) is 0 Å². The molecule has 0 atom stereocenters. The summed E-state index contributed by atoms with van der Waals surface area (Å²) in [5.41, 5.74) is 9.61. The van der Waals surface area contributed by atoms with E-state index in [1.54, 1.807) is 0 Å². The summed E-state index contributed by atoms with van der Waals surface area (Å²) in [5.74, 6) is 0. The minimum absolute atomic E-state index is 1.11. The first kappa shape index (κ1) is 19.4. The summed E-state index contributed by atoms with van der Waals surface area (Å²) in [6, 6.07) is 43.4. The predicted molar refractivity (Wildman–Crippen MR) is 141 cm³/mol. The van der Waals surface area contributed by atoms with Gasteiger partial charge in [-0.1, -0.05) is 84.9 Å². The zero-order chi connectivity index (χ0) is 22.2. The summed E-state index contributed by atoms with van der Waals surface area (Å²) >= 11 is 0. The van der Waals surface area contributed by atoms with Crippen molar-refractivity contribution in [3.8, 4) is 27.9 Å². The molecule has 0 unspecified atom stereocenters. The van der Waals surface area contributed by atoms with E-state index in [0.29, 0.717) is 0 Å². The molecule has 1 aromatic heterocycles. The molecule has 0 radical (unpaired) electrons. The molecule has 6 aromatic rings. The average Bonchev–Trinajstić information content (AvgIpc) is 3.22. The molecule has 0 aliphatic heterocycles. The van der Waals surface area contributed by atoms with Gasteiger partial charge in [0, 0.05) is 29.2 Å². The Balaban J connectivity index is 1.57. The van der Waals surface area contributed by atoms with Gasteiger partial charge >= 0.3 is 0 Å². The third-order valence-electron chi connectivity index (χ3n) is 6.39. The standard InChI is InChI=1S/C31H24N2/c1-32-26-15-18-28-29-20-25(23-10-6-3-7-11-23)14-19-30(29)33(31(28)21-26)27-16-12-24(13-17-27)22-8-4-2-5-9-22/h2-21,32H,1H3. The molecule has 0 saturated carbocycles. The van der Waals surface area contributed by atoms with Crippen LogP contribution in [0.2, 0.25) is 0 Å². The largest absolute Gasteiger partial charge is 0.388 e. The van der Waals surface area contributed by atoms with Gasteiger partial charge in [0.25, 0.3) is 0 Å². The van der Waals surface area contributed by atoms with Gasteiger partial charge in [0.1, 0.15) is 0 Å². The fourth-order valence-corrected chi connectivity index (χ4v) is 4.70. The number of rotatable bonds is 4. The molecular formula is C31H24N2. The maximum Gasteiger partial charge on any atom is 0.0561 e. The number of hydrogen-bond acceptors (Lipinski definition) is 1. The topological polar surface area (TPSA) is 17.0 Å². The summed E-state index contributed by atoms with van der Waals surface area (Å²) in [6.07, 6.45) is 0. The highest BCUT2D eigenvalue weighted by Crippen LogP contribution is 2.36. The summed E-state index contributed by atoms with van der Waals surface area (Å²) in [7, 11) is 1.97. The van der Waals surface area contributed by atoms with E-state index in [1.165, 1.54) is 44.1 Å². The molecular weight excluding hydrogens is 400 g/mol. The second-order valence-electron chi connectivity index (χ2n) is 8.33. The molecule has 33 heavy (non-hydrogen) atoms. The van der Waals surface area contributed by atoms with Crippen molar-refractivity contribution in [2.24, 2.45) is 0 Å². The van der Waals surface area contributed by atoms with Crippen molar-refractivity contribution in [2.45, 2.75) is 0 Å². The Bertz CT molecular complexity index is 1560. The number of hydrogen-bond donors (Lipinski definition) is 1. The minimum Gasteiger partial charge on any atom is -0.388 e. The molecule has 2 nitrogen and oxygen atoms in total. The highest BCUT2D eigenvalue weighted by atomic mass is 15.0. The lowest BCUT2D eigenvalue weighted by molar-refractivity contribution is 1.18. The van der Waals surface area contributed by atoms with Gasteiger partial charge in [0.2, 0.25) is 0 Å². The van der Waals surface area contributed by atoms with Crippen molar-refractivity contribution < 1.29 is 0 Å². The number of anilines is 1. The average molecular weight is 425 g/mol. The lowest BCUT2D eigenvalue weighted by atomic mass is 10.0. The molecule has 1 heterocycles. The molecule has 1 N–H and O–H groups in total. The highest BCUT2D eigenvalue weighted by molar-refractivity contribution is 6.11. The van der Waals surface area contributed by atoms with E-state index in [2.05, 4.69) is 131 Å². The van der Waals surface area contributed by atoms with Crippen LogP contribution in [0.25, 0.3) is 49.7 Å². The van der Waals surface area contributed by atoms with E-state index in [1.807, 2.05) is 7.05 Å². The van der Waals surface area contributed by atoms with Crippen LogP contribution in [0.5, 0.6) is 0 Å². The first-order valence-corrected chi connectivity index (χ1v) is 11.3. The Morgan fingerprint density at radius 2 is 1.09 bits per heavy atom. The van der Waals surface area contributed by atoms with E-state index in [9.17, 15) is 0 Å². The van der Waals surface area contributed by atoms with Crippen molar-refractivity contribution in [1.82, 2.24) is 4.57 Å². The molecule has 0 spiro atoms. The van der Waals surface area contributed by atoms with E-state index < -0.39 is 0 Å². The van der Waals surface area contributed by atoms with Crippen molar-refractivity contribution in [1.29, 1.82) is 0 Å². The van der Waals surface area contributed by atoms with Crippen LogP contribution in [0.1, 0.15) is 0 Å². The normalized spacial score (nSPS) is 11.2. The quantitative estimate of drug-likeness (QED) is 0.302. The van der Waals surface area contributed by atoms with Crippen molar-refractivity contribution in [2.75, 3.05) is 12.4 Å². The van der Waals surface area contributed by atoms with Gasteiger partial charge in [0.05, 0.1) is 11.0 Å². The summed E-state index contributed by atoms with van der Waals surface area (Å²) in [6.45, 7) is 0. The number of benzene rings is 5. The summed E-state index contributed by atoms with van der Waals surface area (Å²) < 4.78 is 2.37. The van der Waals surface area contributed by atoms with E-state index in [4.69, 9.17) is 0 Å². The lowest BCUT2D eigenvalue weighted by Crippen LogP contribution is -1.95. The Hall–Kier alpha value is -4.30. The molecule has 5 aromatic carbocycles. The summed E-state index contributed by atoms with van der Waals surface area (Å²) in [4.78, 5) is 0. The monoisotopic (exact) mass is 424 g/mol. The van der Waals surface area contributed by atoms with Crippen LogP contribution < -0.4 is 5.32 Å². The number of nitrogens with zero attached hydrogens (tertiary/aromatic N) is 1. The zero-order valence-electron chi connectivity index (χ0n) is 18.5. The molecule has 158 valence electrons. The molecule has 6 rings (SSSR count). The Morgan fingerprint density at radius 1 is 0.485 bits per heavy atom. The van der Waals surface area contributed by atoms with Gasteiger partial charge in [-0.15, -0.1) is 0 Å². The molecule has 2 heteroatoms. The number of fused-ring (bicyclic) bond motifs is 3. The lowest BCUT2D eigenvalue weighted by Gasteiger charge is -2.10. The van der Waals surface area contributed by atoms with Crippen molar-refractivity contribution in [3.05, 3.63) is 121 Å². The van der Waals surface area contributed by atoms with Crippen LogP contribution in [-0.4, -0.2) is 11.6 Å². The van der Waals surface area contributed by atoms with E-state index >= 15 is 0 Å². The molecule has 0 amide bonds. The van der Waals surface area contributed by atoms with Gasteiger partial charge in [-0.05, 0) is 58.7 Å². The Kier molecular flexibility index (Phi) is 4.70. The van der Waals surface area contributed by atoms with Gasteiger partial charge in [-0.25, -0.2) is 0 Å². The van der Waals surface area contributed by atoms with Crippen LogP contribution >= 0.6 is 0 Å². The second-order valence-corrected chi connectivity index (χ2v) is 8.33. The van der Waals surface area contributed by atoms with Crippen LogP contribution in [0, 0.1) is 0 Å². The fourth-order valence-electron chi connectivity index (χ4n) is 4.70. The maximum atomic E-state index is 3.30. The first-order chi connectivity index (χ1) is 16.3. The first-order valence-electron chi connectivity index (χ1n) is 11.3. The molecule has 0 saturated heterocycles.